The monoisotopic (exact) mass is 499 g/mol. The number of nitrogen functional groups attached to an aromatic ring is 1. The van der Waals surface area contributed by atoms with Crippen LogP contribution in [0.1, 0.15) is 56.1 Å². The Morgan fingerprint density at radius 1 is 1.03 bits per heavy atom. The van der Waals surface area contributed by atoms with Gasteiger partial charge in [0.15, 0.2) is 0 Å². The summed E-state index contributed by atoms with van der Waals surface area (Å²) in [6.45, 7) is 1.92. The Morgan fingerprint density at radius 2 is 1.76 bits per heavy atom. The summed E-state index contributed by atoms with van der Waals surface area (Å²) in [6, 6.07) is 4.37. The number of benzene rings is 1. The summed E-state index contributed by atoms with van der Waals surface area (Å²) < 4.78 is 0. The van der Waals surface area contributed by atoms with Crippen molar-refractivity contribution in [3.05, 3.63) is 29.3 Å². The fraction of sp³-hybridized carbons (Fsp3) is 0.609. The molecule has 1 aliphatic carbocycles. The van der Waals surface area contributed by atoms with E-state index in [4.69, 9.17) is 16.9 Å². The highest BCUT2D eigenvalue weighted by molar-refractivity contribution is 5.97. The molecule has 3 fully saturated rings. The molecule has 2 amide bonds. The van der Waals surface area contributed by atoms with Crippen molar-refractivity contribution in [1.82, 2.24) is 9.80 Å². The van der Waals surface area contributed by atoms with Gasteiger partial charge in [0.05, 0.1) is 11.6 Å². The van der Waals surface area contributed by atoms with Crippen molar-refractivity contribution >= 4 is 42.5 Å². The van der Waals surface area contributed by atoms with Crippen molar-refractivity contribution < 1.29 is 14.7 Å². The number of nitrogens with two attached hydrogens (primary N) is 2. The third-order valence-electron chi connectivity index (χ3n) is 7.41. The third-order valence-corrected chi connectivity index (χ3v) is 7.41. The molecule has 2 aliphatic heterocycles. The molecule has 184 valence electrons. The lowest BCUT2D eigenvalue weighted by Gasteiger charge is -2.48. The Balaban J connectivity index is 0.00000193. The smallest absolute Gasteiger partial charge is 0.240 e. The first-order valence-corrected chi connectivity index (χ1v) is 11.4. The highest BCUT2D eigenvalue weighted by atomic mass is 35.5. The number of amidine groups is 1. The molecule has 6 N–H and O–H groups in total. The lowest BCUT2D eigenvalue weighted by molar-refractivity contribution is -0.147. The van der Waals surface area contributed by atoms with Crippen LogP contribution in [0, 0.1) is 17.2 Å². The number of primary amides is 1. The van der Waals surface area contributed by atoms with E-state index in [1.54, 1.807) is 17.0 Å². The summed E-state index contributed by atoms with van der Waals surface area (Å²) in [5.74, 6) is 0.248. The minimum absolute atomic E-state index is 0. The maximum absolute atomic E-state index is 13.8. The number of likely N-dealkylation sites (tertiary alicyclic amines) is 2. The number of nitrogens with zero attached hydrogens (tertiary/aromatic N) is 2. The molecule has 2 heterocycles. The van der Waals surface area contributed by atoms with E-state index >= 15 is 0 Å². The summed E-state index contributed by atoms with van der Waals surface area (Å²) in [4.78, 5) is 29.6. The second-order valence-corrected chi connectivity index (χ2v) is 9.27. The maximum atomic E-state index is 13.8. The number of halogens is 2. The van der Waals surface area contributed by atoms with Crippen LogP contribution in [0.25, 0.3) is 0 Å². The molecule has 0 bridgehead atoms. The van der Waals surface area contributed by atoms with Crippen molar-refractivity contribution in [3.63, 3.8) is 0 Å². The van der Waals surface area contributed by atoms with Crippen LogP contribution in [0.5, 0.6) is 5.75 Å². The van der Waals surface area contributed by atoms with Gasteiger partial charge in [0.1, 0.15) is 17.6 Å². The predicted molar refractivity (Wildman–Crippen MR) is 132 cm³/mol. The fourth-order valence-corrected chi connectivity index (χ4v) is 5.90. The van der Waals surface area contributed by atoms with Crippen LogP contribution in [0.2, 0.25) is 0 Å². The number of carbonyl (C=O) groups excluding carboxylic acids is 2. The highest BCUT2D eigenvalue weighted by Gasteiger charge is 2.46. The molecule has 1 aromatic carbocycles. The lowest BCUT2D eigenvalue weighted by atomic mass is 9.70. The van der Waals surface area contributed by atoms with Gasteiger partial charge in [-0.25, -0.2) is 0 Å². The molecule has 8 nitrogen and oxygen atoms in total. The molecule has 0 radical (unpaired) electrons. The van der Waals surface area contributed by atoms with E-state index in [0.717, 1.165) is 44.2 Å². The van der Waals surface area contributed by atoms with Crippen molar-refractivity contribution in [1.29, 1.82) is 5.41 Å². The van der Waals surface area contributed by atoms with E-state index in [0.29, 0.717) is 31.0 Å². The Bertz CT molecular complexity index is 884. The molecule has 33 heavy (non-hydrogen) atoms. The lowest BCUT2D eigenvalue weighted by Crippen LogP contribution is -2.59. The molecule has 4 atom stereocenters. The van der Waals surface area contributed by atoms with E-state index in [2.05, 4.69) is 4.90 Å². The van der Waals surface area contributed by atoms with E-state index in [-0.39, 0.29) is 54.3 Å². The number of fused-ring (bicyclic) bond motifs is 1. The second-order valence-electron chi connectivity index (χ2n) is 9.27. The number of nitrogens with one attached hydrogen (secondary N) is 1. The summed E-state index contributed by atoms with van der Waals surface area (Å²) in [5, 5.41) is 17.8. The van der Waals surface area contributed by atoms with E-state index in [1.807, 2.05) is 6.07 Å². The van der Waals surface area contributed by atoms with Gasteiger partial charge >= 0.3 is 0 Å². The molecule has 2 saturated heterocycles. The van der Waals surface area contributed by atoms with Crippen molar-refractivity contribution in [2.75, 3.05) is 13.1 Å². The quantitative estimate of drug-likeness (QED) is 0.364. The highest BCUT2D eigenvalue weighted by Crippen LogP contribution is 2.41. The molecular formula is C23H35Cl2N5O3. The van der Waals surface area contributed by atoms with E-state index in [9.17, 15) is 14.7 Å². The summed E-state index contributed by atoms with van der Waals surface area (Å²) >= 11 is 0. The number of amides is 2. The molecule has 4 rings (SSSR count). The van der Waals surface area contributed by atoms with Crippen LogP contribution in [0.4, 0.5) is 0 Å². The first kappa shape index (κ1) is 27.2. The fourth-order valence-electron chi connectivity index (χ4n) is 5.90. The number of hydrogen-bond acceptors (Lipinski definition) is 5. The van der Waals surface area contributed by atoms with Gasteiger partial charge in [0.2, 0.25) is 11.8 Å². The van der Waals surface area contributed by atoms with Gasteiger partial charge in [-0.05, 0) is 61.8 Å². The second kappa shape index (κ2) is 11.4. The van der Waals surface area contributed by atoms with Crippen molar-refractivity contribution in [2.45, 2.75) is 63.6 Å². The van der Waals surface area contributed by atoms with Gasteiger partial charge in [-0.3, -0.25) is 19.9 Å². The number of carbonyl (C=O) groups is 2. The Labute approximate surface area is 207 Å². The Morgan fingerprint density at radius 3 is 2.42 bits per heavy atom. The Kier molecular flexibility index (Phi) is 9.40. The summed E-state index contributed by atoms with van der Waals surface area (Å²) in [6.07, 6.45) is 7.05. The first-order chi connectivity index (χ1) is 14.9. The van der Waals surface area contributed by atoms with Crippen LogP contribution in [-0.2, 0) is 16.1 Å². The predicted octanol–water partition coefficient (Wildman–Crippen LogP) is 2.38. The topological polar surface area (TPSA) is 137 Å². The summed E-state index contributed by atoms with van der Waals surface area (Å²) in [7, 11) is 0. The van der Waals surface area contributed by atoms with Gasteiger partial charge in [0.25, 0.3) is 0 Å². The summed E-state index contributed by atoms with van der Waals surface area (Å²) in [5.41, 5.74) is 12.3. The minimum atomic E-state index is -0.503. The van der Waals surface area contributed by atoms with Gasteiger partial charge in [-0.1, -0.05) is 25.3 Å². The van der Waals surface area contributed by atoms with Gasteiger partial charge < -0.3 is 21.5 Å². The molecule has 0 spiro atoms. The number of aromatic hydroxyl groups is 1. The molecule has 0 unspecified atom stereocenters. The zero-order valence-electron chi connectivity index (χ0n) is 18.7. The zero-order chi connectivity index (χ0) is 22.1. The van der Waals surface area contributed by atoms with Crippen LogP contribution in [0.15, 0.2) is 18.2 Å². The third kappa shape index (κ3) is 5.55. The van der Waals surface area contributed by atoms with Crippen molar-refractivity contribution in [3.8, 4) is 5.75 Å². The molecule has 10 heteroatoms. The van der Waals surface area contributed by atoms with Crippen LogP contribution in [0.3, 0.4) is 0 Å². The number of piperidine rings is 1. The zero-order valence-corrected chi connectivity index (χ0v) is 20.4. The molecule has 1 saturated carbocycles. The van der Waals surface area contributed by atoms with Crippen LogP contribution < -0.4 is 11.5 Å². The number of phenolic OH excluding ortho intramolecular Hbond substituents is 1. The van der Waals surface area contributed by atoms with Crippen molar-refractivity contribution in [2.24, 2.45) is 23.3 Å². The Hall–Kier alpha value is -2.03. The van der Waals surface area contributed by atoms with E-state index < -0.39 is 11.9 Å². The average molecular weight is 500 g/mol. The molecular weight excluding hydrogens is 465 g/mol. The normalized spacial score (nSPS) is 27.1. The molecule has 0 aromatic heterocycles. The van der Waals surface area contributed by atoms with Gasteiger partial charge in [0, 0.05) is 13.1 Å². The number of hydrogen-bond donors (Lipinski definition) is 4. The maximum Gasteiger partial charge on any atom is 0.240 e. The average Bonchev–Trinajstić information content (AvgIpc) is 3.23. The standard InChI is InChI=1S/C23H33N5O3.2ClH/c24-21(25)17-8-7-14(12-19(17)29)13-27-11-9-15-4-1-2-5-16(15)20(27)23(31)28-10-3-6-18(28)22(26)30;;/h7-8,12,15-16,18,20,29H,1-6,9-11,13H2,(H3,24,25)(H2,26,30);2*1H/t15-,16-,18+,20-;;/m1../s1. The largest absolute Gasteiger partial charge is 0.507 e. The van der Waals surface area contributed by atoms with E-state index in [1.165, 1.54) is 6.42 Å². The molecule has 3 aliphatic rings. The van der Waals surface area contributed by atoms with Gasteiger partial charge in [-0.2, -0.15) is 0 Å². The number of rotatable bonds is 5. The van der Waals surface area contributed by atoms with Gasteiger partial charge in [-0.15, -0.1) is 24.8 Å². The first-order valence-electron chi connectivity index (χ1n) is 11.4. The number of phenols is 1. The van der Waals surface area contributed by atoms with Crippen LogP contribution >= 0.6 is 24.8 Å². The molecule has 1 aromatic rings. The minimum Gasteiger partial charge on any atom is -0.507 e. The SMILES string of the molecule is Cl.Cl.N=C(N)c1ccc(CN2CC[C@H]3CCCC[C@H]3[C@@H]2C(=O)N2CCC[C@H]2C(N)=O)cc1O. The van der Waals surface area contributed by atoms with Crippen LogP contribution in [-0.4, -0.2) is 57.7 Å².